The third-order valence-corrected chi connectivity index (χ3v) is 1.25. The summed E-state index contributed by atoms with van der Waals surface area (Å²) in [4.78, 5) is 0. The van der Waals surface area contributed by atoms with Crippen molar-refractivity contribution < 1.29 is 10.2 Å². The molecule has 0 rings (SSSR count). The molecule has 0 aromatic carbocycles. The highest BCUT2D eigenvalue weighted by Crippen LogP contribution is 2.09. The molecule has 0 aromatic rings. The lowest BCUT2D eigenvalue weighted by Crippen LogP contribution is -2.07. The molecule has 0 aliphatic carbocycles. The van der Waals surface area contributed by atoms with Crippen LogP contribution in [0, 0.1) is 0 Å². The van der Waals surface area contributed by atoms with E-state index in [2.05, 4.69) is 27.6 Å². The molecule has 0 fully saturated rings. The van der Waals surface area contributed by atoms with Crippen LogP contribution in [0.3, 0.4) is 0 Å². The molecule has 2 nitrogen and oxygen atoms in total. The van der Waals surface area contributed by atoms with Crippen LogP contribution in [-0.4, -0.2) is 24.4 Å². The smallest absolute Gasteiger partial charge is 0.211 e. The summed E-state index contributed by atoms with van der Waals surface area (Å²) < 4.78 is 7.08. The predicted octanol–water partition coefficient (Wildman–Crippen LogP) is 0.638. The van der Waals surface area contributed by atoms with Gasteiger partial charge in [-0.25, -0.2) is 0 Å². The average molecular weight is 183 g/mol. The van der Waals surface area contributed by atoms with Gasteiger partial charge in [0.2, 0.25) is 1.43 Å². The van der Waals surface area contributed by atoms with E-state index >= 15 is 0 Å². The van der Waals surface area contributed by atoms with E-state index < -0.39 is 6.10 Å². The van der Waals surface area contributed by atoms with Gasteiger partial charge in [0.25, 0.3) is 0 Å². The van der Waals surface area contributed by atoms with Crippen LogP contribution < -0.4 is 0 Å². The molecule has 3 heteroatoms. The second-order valence-electron chi connectivity index (χ2n) is 1.45. The van der Waals surface area contributed by atoms with E-state index in [1.54, 1.807) is 0 Å². The zero-order valence-corrected chi connectivity index (χ0v) is 6.02. The minimum absolute atomic E-state index is 0.00810. The highest BCUT2D eigenvalue weighted by molar-refractivity contribution is 9.11. The SMILES string of the molecule is [3H]OC(CCO)C(=C)Br. The van der Waals surface area contributed by atoms with Crippen LogP contribution in [0.5, 0.6) is 0 Å². The van der Waals surface area contributed by atoms with Gasteiger partial charge in [-0.2, -0.15) is 0 Å². The number of halogens is 1. The van der Waals surface area contributed by atoms with E-state index in [-0.39, 0.29) is 6.61 Å². The first-order valence-electron chi connectivity index (χ1n) is 2.70. The van der Waals surface area contributed by atoms with Crippen molar-refractivity contribution in [3.05, 3.63) is 11.1 Å². The van der Waals surface area contributed by atoms with E-state index in [0.717, 1.165) is 0 Å². The Bertz CT molecular complexity index is 97.0. The van der Waals surface area contributed by atoms with Gasteiger partial charge >= 0.3 is 0 Å². The highest BCUT2D eigenvalue weighted by atomic mass is 79.9. The van der Waals surface area contributed by atoms with E-state index in [0.29, 0.717) is 10.9 Å². The highest BCUT2D eigenvalue weighted by Gasteiger charge is 2.02. The van der Waals surface area contributed by atoms with E-state index in [1.165, 1.54) is 0 Å². The van der Waals surface area contributed by atoms with Crippen molar-refractivity contribution in [2.75, 3.05) is 6.61 Å². The maximum absolute atomic E-state index is 8.39. The topological polar surface area (TPSA) is 40.5 Å². The first kappa shape index (κ1) is 6.26. The van der Waals surface area contributed by atoms with Crippen molar-refractivity contribution in [3.63, 3.8) is 0 Å². The van der Waals surface area contributed by atoms with Crippen LogP contribution in [0.15, 0.2) is 11.1 Å². The van der Waals surface area contributed by atoms with Crippen molar-refractivity contribution in [1.29, 1.82) is 1.43 Å². The van der Waals surface area contributed by atoms with E-state index in [1.807, 2.05) is 0 Å². The minimum Gasteiger partial charge on any atom is -0.396 e. The van der Waals surface area contributed by atoms with Gasteiger partial charge in [0.05, 0.1) is 6.10 Å². The fraction of sp³-hybridized carbons (Fsp3) is 0.600. The van der Waals surface area contributed by atoms with Crippen LogP contribution in [0.25, 0.3) is 0 Å². The molecule has 0 amide bonds. The summed E-state index contributed by atoms with van der Waals surface area (Å²) in [5.74, 6) is 0. The normalized spacial score (nSPS) is 15.0. The maximum Gasteiger partial charge on any atom is 0.211 e. The maximum atomic E-state index is 8.39. The zero-order chi connectivity index (χ0) is 7.28. The van der Waals surface area contributed by atoms with E-state index in [9.17, 15) is 0 Å². The Hall–Kier alpha value is 0.140. The Morgan fingerprint density at radius 1 is 2.00 bits per heavy atom. The molecule has 0 spiro atoms. The van der Waals surface area contributed by atoms with Crippen LogP contribution >= 0.6 is 15.9 Å². The molecule has 1 unspecified atom stereocenters. The molecule has 0 aliphatic rings. The summed E-state index contributed by atoms with van der Waals surface area (Å²) in [5, 5.41) is 12.6. The molecule has 0 saturated heterocycles. The van der Waals surface area contributed by atoms with Crippen molar-refractivity contribution in [2.45, 2.75) is 12.5 Å². The fourth-order valence-corrected chi connectivity index (χ4v) is 0.503. The molecule has 0 radical (unpaired) electrons. The Labute approximate surface area is 58.5 Å². The predicted molar refractivity (Wildman–Crippen MR) is 35.8 cm³/mol. The van der Waals surface area contributed by atoms with Crippen molar-refractivity contribution in [2.24, 2.45) is 0 Å². The zero-order valence-electron chi connectivity index (χ0n) is 5.43. The summed E-state index contributed by atoms with van der Waals surface area (Å²) in [6.45, 7) is 3.51. The van der Waals surface area contributed by atoms with Crippen molar-refractivity contribution in [3.8, 4) is 0 Å². The molecule has 48 valence electrons. The fourth-order valence-electron chi connectivity index (χ4n) is 0.274. The number of rotatable bonds is 4. The number of hydrogen-bond donors (Lipinski definition) is 2. The lowest BCUT2D eigenvalue weighted by atomic mass is 10.3. The molecule has 0 aliphatic heterocycles. The number of hydrogen-bond acceptors (Lipinski definition) is 2. The van der Waals surface area contributed by atoms with Gasteiger partial charge in [0, 0.05) is 17.5 Å². The lowest BCUT2D eigenvalue weighted by molar-refractivity contribution is 0.168. The third kappa shape index (κ3) is 3.18. The summed E-state index contributed by atoms with van der Waals surface area (Å²) in [7, 11) is 0. The van der Waals surface area contributed by atoms with Crippen LogP contribution in [0.4, 0.5) is 0 Å². The Balaban J connectivity index is 3.54. The summed E-state index contributed by atoms with van der Waals surface area (Å²) in [6.07, 6.45) is 0.0168. The van der Waals surface area contributed by atoms with E-state index in [4.69, 9.17) is 6.54 Å². The van der Waals surface area contributed by atoms with Crippen LogP contribution in [0.1, 0.15) is 6.42 Å². The average Bonchev–Trinajstić information content (AvgIpc) is 1.82. The Kier molecular flexibility index (Phi) is 3.18. The van der Waals surface area contributed by atoms with Gasteiger partial charge in [-0.1, -0.05) is 22.5 Å². The Morgan fingerprint density at radius 2 is 2.62 bits per heavy atom. The minimum atomic E-state index is -0.394. The monoisotopic (exact) mass is 182 g/mol. The van der Waals surface area contributed by atoms with Gasteiger partial charge in [0.1, 0.15) is 0 Å². The first-order chi connectivity index (χ1) is 4.22. The van der Waals surface area contributed by atoms with Crippen LogP contribution in [-0.2, 0) is 0 Å². The third-order valence-electron chi connectivity index (χ3n) is 0.741. The van der Waals surface area contributed by atoms with Crippen molar-refractivity contribution in [1.82, 2.24) is 0 Å². The molecular weight excluding hydrogens is 172 g/mol. The summed E-state index contributed by atoms with van der Waals surface area (Å²) in [5.41, 5.74) is 0. The van der Waals surface area contributed by atoms with Crippen LogP contribution in [0.2, 0.25) is 0 Å². The van der Waals surface area contributed by atoms with Crippen molar-refractivity contribution >= 4 is 15.9 Å². The quantitative estimate of drug-likeness (QED) is 0.671. The Morgan fingerprint density at radius 3 is 2.75 bits per heavy atom. The molecule has 0 saturated carbocycles. The lowest BCUT2D eigenvalue weighted by Gasteiger charge is -2.03. The van der Waals surface area contributed by atoms with Gasteiger partial charge in [-0.15, -0.1) is 0 Å². The molecule has 2 N–H and O–H groups in total. The summed E-state index contributed by atoms with van der Waals surface area (Å²) in [6, 6.07) is 0. The van der Waals surface area contributed by atoms with Gasteiger partial charge in [0.15, 0.2) is 0 Å². The second-order valence-corrected chi connectivity index (χ2v) is 2.47. The second kappa shape index (κ2) is 4.06. The number of aliphatic hydroxyl groups is 2. The standard InChI is InChI=1S/C5H9BrO2/c1-4(6)5(8)2-3-7/h5,7-8H,1-3H2/i8T. The largest absolute Gasteiger partial charge is 0.396 e. The summed E-state index contributed by atoms with van der Waals surface area (Å²) >= 11 is 3.05. The molecule has 8 heavy (non-hydrogen) atoms. The first-order valence-corrected chi connectivity index (χ1v) is 3.08. The van der Waals surface area contributed by atoms with Gasteiger partial charge < -0.3 is 10.2 Å². The molecule has 0 bridgehead atoms. The van der Waals surface area contributed by atoms with Gasteiger partial charge in [-0.3, -0.25) is 0 Å². The molecule has 0 aromatic heterocycles. The van der Waals surface area contributed by atoms with Gasteiger partial charge in [-0.05, 0) is 0 Å². The molecule has 0 heterocycles. The molecular formula is C5H9BrO2. The molecule has 1 atom stereocenters. The number of aliphatic hydroxyl groups excluding tert-OH is 2.